The number of methoxy groups -OCH3 is 1. The zero-order valence-electron chi connectivity index (χ0n) is 19.2. The number of carbonyl (C=O) groups is 1. The van der Waals surface area contributed by atoms with E-state index in [0.717, 1.165) is 41.3 Å². The molecule has 0 radical (unpaired) electrons. The SMILES string of the molecule is COc1ccc2c(c1)C(c1ccc(Cl)cc1)=N[C@@H](CC(=O)N1CCC(CN)C1)c1nnc(C)n1-2. The van der Waals surface area contributed by atoms with Crippen molar-refractivity contribution < 1.29 is 9.53 Å². The van der Waals surface area contributed by atoms with E-state index in [0.29, 0.717) is 35.6 Å². The second-order valence-corrected chi connectivity index (χ2v) is 9.20. The summed E-state index contributed by atoms with van der Waals surface area (Å²) in [7, 11) is 1.64. The maximum Gasteiger partial charge on any atom is 0.225 e. The summed E-state index contributed by atoms with van der Waals surface area (Å²) >= 11 is 6.16. The summed E-state index contributed by atoms with van der Waals surface area (Å²) in [6.07, 6.45) is 1.14. The fourth-order valence-corrected chi connectivity index (χ4v) is 4.85. The third-order valence-corrected chi connectivity index (χ3v) is 6.84. The first-order chi connectivity index (χ1) is 16.5. The molecule has 5 rings (SSSR count). The Morgan fingerprint density at radius 1 is 1.21 bits per heavy atom. The summed E-state index contributed by atoms with van der Waals surface area (Å²) in [6, 6.07) is 12.9. The number of aryl methyl sites for hydroxylation is 1. The predicted octanol–water partition coefficient (Wildman–Crippen LogP) is 3.33. The van der Waals surface area contributed by atoms with Gasteiger partial charge in [0.05, 0.1) is 24.9 Å². The topological polar surface area (TPSA) is 98.6 Å². The molecule has 2 aliphatic rings. The molecule has 2 aliphatic heterocycles. The van der Waals surface area contributed by atoms with Crippen LogP contribution >= 0.6 is 11.6 Å². The average Bonchev–Trinajstić information content (AvgIpc) is 3.46. The van der Waals surface area contributed by atoms with Gasteiger partial charge in [-0.3, -0.25) is 14.4 Å². The number of likely N-dealkylation sites (tertiary alicyclic amines) is 1. The van der Waals surface area contributed by atoms with Crippen LogP contribution in [-0.4, -0.2) is 58.0 Å². The van der Waals surface area contributed by atoms with E-state index in [1.807, 2.05) is 58.9 Å². The van der Waals surface area contributed by atoms with Crippen LogP contribution in [0, 0.1) is 12.8 Å². The number of fused-ring (bicyclic) bond motifs is 3. The van der Waals surface area contributed by atoms with E-state index >= 15 is 0 Å². The van der Waals surface area contributed by atoms with Crippen molar-refractivity contribution in [2.75, 3.05) is 26.7 Å². The molecule has 8 nitrogen and oxygen atoms in total. The Labute approximate surface area is 203 Å². The van der Waals surface area contributed by atoms with Crippen LogP contribution in [0.5, 0.6) is 5.75 Å². The fourth-order valence-electron chi connectivity index (χ4n) is 4.72. The van der Waals surface area contributed by atoms with Gasteiger partial charge in [0.2, 0.25) is 5.91 Å². The number of hydrogen-bond donors (Lipinski definition) is 1. The van der Waals surface area contributed by atoms with Crippen LogP contribution in [0.4, 0.5) is 0 Å². The summed E-state index contributed by atoms with van der Waals surface area (Å²) < 4.78 is 7.51. The van der Waals surface area contributed by atoms with Crippen molar-refractivity contribution in [3.8, 4) is 11.4 Å². The largest absolute Gasteiger partial charge is 0.497 e. The molecule has 1 aromatic heterocycles. The van der Waals surface area contributed by atoms with E-state index in [1.165, 1.54) is 0 Å². The number of carbonyl (C=O) groups excluding carboxylic acids is 1. The minimum Gasteiger partial charge on any atom is -0.497 e. The second kappa shape index (κ2) is 9.19. The van der Waals surface area contributed by atoms with E-state index < -0.39 is 6.04 Å². The van der Waals surface area contributed by atoms with Gasteiger partial charge in [-0.2, -0.15) is 0 Å². The Bertz CT molecular complexity index is 1250. The molecule has 1 fully saturated rings. The van der Waals surface area contributed by atoms with E-state index in [4.69, 9.17) is 27.1 Å². The Kier molecular flexibility index (Phi) is 6.10. The molecule has 1 unspecified atom stereocenters. The third kappa shape index (κ3) is 4.08. The number of ether oxygens (including phenoxy) is 1. The molecule has 34 heavy (non-hydrogen) atoms. The highest BCUT2D eigenvalue weighted by molar-refractivity contribution is 6.30. The fraction of sp³-hybridized carbons (Fsp3) is 0.360. The van der Waals surface area contributed by atoms with Gasteiger partial charge >= 0.3 is 0 Å². The minimum atomic E-state index is -0.491. The highest BCUT2D eigenvalue weighted by Gasteiger charge is 2.33. The second-order valence-electron chi connectivity index (χ2n) is 8.76. The Balaban J connectivity index is 1.63. The van der Waals surface area contributed by atoms with Crippen molar-refractivity contribution >= 4 is 23.2 Å². The first-order valence-electron chi connectivity index (χ1n) is 11.4. The average molecular weight is 479 g/mol. The van der Waals surface area contributed by atoms with Gasteiger partial charge in [-0.25, -0.2) is 0 Å². The van der Waals surface area contributed by atoms with Crippen LogP contribution in [0.25, 0.3) is 5.69 Å². The molecule has 0 aliphatic carbocycles. The summed E-state index contributed by atoms with van der Waals surface area (Å²) in [5.74, 6) is 2.50. The Hall–Kier alpha value is -3.23. The molecule has 176 valence electrons. The van der Waals surface area contributed by atoms with Crippen LogP contribution in [0.15, 0.2) is 47.5 Å². The summed E-state index contributed by atoms with van der Waals surface area (Å²) in [6.45, 7) is 3.92. The highest BCUT2D eigenvalue weighted by Crippen LogP contribution is 2.35. The van der Waals surface area contributed by atoms with Crippen LogP contribution in [0.1, 0.15) is 41.7 Å². The Morgan fingerprint density at radius 3 is 2.71 bits per heavy atom. The van der Waals surface area contributed by atoms with Crippen molar-refractivity contribution in [1.82, 2.24) is 19.7 Å². The lowest BCUT2D eigenvalue weighted by molar-refractivity contribution is -0.130. The number of rotatable bonds is 5. The number of nitrogens with two attached hydrogens (primary N) is 1. The summed E-state index contributed by atoms with van der Waals surface area (Å²) in [4.78, 5) is 20.3. The van der Waals surface area contributed by atoms with Crippen LogP contribution in [0.2, 0.25) is 5.02 Å². The Morgan fingerprint density at radius 2 is 2.00 bits per heavy atom. The number of nitrogens with zero attached hydrogens (tertiary/aromatic N) is 5. The smallest absolute Gasteiger partial charge is 0.225 e. The first-order valence-corrected chi connectivity index (χ1v) is 11.8. The number of benzene rings is 2. The molecule has 3 heterocycles. The zero-order chi connectivity index (χ0) is 23.8. The molecule has 1 amide bonds. The van der Waals surface area contributed by atoms with Crippen molar-refractivity contribution in [3.63, 3.8) is 0 Å². The molecule has 3 aromatic rings. The normalized spacial score (nSPS) is 19.3. The maximum atomic E-state index is 13.3. The van der Waals surface area contributed by atoms with Gasteiger partial charge < -0.3 is 15.4 Å². The monoisotopic (exact) mass is 478 g/mol. The quantitative estimate of drug-likeness (QED) is 0.606. The molecule has 2 atom stereocenters. The van der Waals surface area contributed by atoms with E-state index in [-0.39, 0.29) is 12.3 Å². The molecule has 9 heteroatoms. The van der Waals surface area contributed by atoms with Crippen LogP contribution < -0.4 is 10.5 Å². The number of aliphatic imine (C=N–C) groups is 1. The third-order valence-electron chi connectivity index (χ3n) is 6.59. The molecular weight excluding hydrogens is 452 g/mol. The van der Waals surface area contributed by atoms with Gasteiger partial charge in [-0.15, -0.1) is 10.2 Å². The number of hydrogen-bond acceptors (Lipinski definition) is 6. The van der Waals surface area contributed by atoms with Gasteiger partial charge in [0.15, 0.2) is 5.82 Å². The van der Waals surface area contributed by atoms with Crippen molar-refractivity contribution in [3.05, 3.63) is 70.3 Å². The lowest BCUT2D eigenvalue weighted by Crippen LogP contribution is -2.31. The summed E-state index contributed by atoms with van der Waals surface area (Å²) in [5.41, 5.74) is 9.26. The molecule has 2 aromatic carbocycles. The molecular formula is C25H27ClN6O2. The van der Waals surface area contributed by atoms with Crippen LogP contribution in [0.3, 0.4) is 0 Å². The van der Waals surface area contributed by atoms with Gasteiger partial charge in [0.1, 0.15) is 17.6 Å². The van der Waals surface area contributed by atoms with Crippen molar-refractivity contribution in [2.45, 2.75) is 25.8 Å². The highest BCUT2D eigenvalue weighted by atomic mass is 35.5. The number of aromatic nitrogens is 3. The van der Waals surface area contributed by atoms with Crippen molar-refractivity contribution in [2.24, 2.45) is 16.6 Å². The number of halogens is 1. The number of amides is 1. The van der Waals surface area contributed by atoms with Crippen molar-refractivity contribution in [1.29, 1.82) is 0 Å². The molecule has 0 bridgehead atoms. The van der Waals surface area contributed by atoms with Gasteiger partial charge in [0, 0.05) is 29.2 Å². The van der Waals surface area contributed by atoms with Gasteiger partial charge in [-0.05, 0) is 56.1 Å². The van der Waals surface area contributed by atoms with Gasteiger partial charge in [0.25, 0.3) is 0 Å². The predicted molar refractivity (Wildman–Crippen MR) is 131 cm³/mol. The lowest BCUT2D eigenvalue weighted by Gasteiger charge is -2.19. The standard InChI is InChI=1S/C25H27ClN6O2/c1-15-29-30-25-21(12-23(33)31-10-9-16(13-27)14-31)28-24(17-3-5-18(26)6-4-17)20-11-19(34-2)7-8-22(20)32(15)25/h3-8,11,16,21H,9-10,12-14,27H2,1-2H3/t16?,21-/m0/s1. The minimum absolute atomic E-state index is 0.0518. The van der Waals surface area contributed by atoms with Crippen LogP contribution in [-0.2, 0) is 4.79 Å². The molecule has 2 N–H and O–H groups in total. The maximum absolute atomic E-state index is 13.3. The first kappa shape index (κ1) is 22.6. The molecule has 1 saturated heterocycles. The lowest BCUT2D eigenvalue weighted by atomic mass is 10.00. The van der Waals surface area contributed by atoms with E-state index in [9.17, 15) is 4.79 Å². The molecule has 0 saturated carbocycles. The van der Waals surface area contributed by atoms with E-state index in [2.05, 4.69) is 10.2 Å². The summed E-state index contributed by atoms with van der Waals surface area (Å²) in [5, 5.41) is 9.43. The zero-order valence-corrected chi connectivity index (χ0v) is 20.0. The van der Waals surface area contributed by atoms with Gasteiger partial charge in [-0.1, -0.05) is 23.7 Å². The molecule has 0 spiro atoms. The van der Waals surface area contributed by atoms with E-state index in [1.54, 1.807) is 7.11 Å².